The molecular formula is C18H18N4O2. The van der Waals surface area contributed by atoms with Gasteiger partial charge in [0.25, 0.3) is 5.91 Å². The van der Waals surface area contributed by atoms with E-state index in [2.05, 4.69) is 20.3 Å². The van der Waals surface area contributed by atoms with Crippen LogP contribution in [-0.4, -0.2) is 27.5 Å². The van der Waals surface area contributed by atoms with E-state index in [0.29, 0.717) is 35.4 Å². The van der Waals surface area contributed by atoms with Gasteiger partial charge >= 0.3 is 6.01 Å². The summed E-state index contributed by atoms with van der Waals surface area (Å²) in [6.45, 7) is 5.97. The highest BCUT2D eigenvalue weighted by Gasteiger charge is 2.14. The molecule has 2 heterocycles. The molecule has 6 heteroatoms. The summed E-state index contributed by atoms with van der Waals surface area (Å²) < 4.78 is 5.31. The highest BCUT2D eigenvalue weighted by molar-refractivity contribution is 6.04. The van der Waals surface area contributed by atoms with E-state index in [1.807, 2.05) is 37.3 Å². The lowest BCUT2D eigenvalue weighted by Gasteiger charge is -2.12. The van der Waals surface area contributed by atoms with Crippen molar-refractivity contribution in [3.8, 4) is 6.01 Å². The van der Waals surface area contributed by atoms with Crippen molar-refractivity contribution < 1.29 is 9.53 Å². The molecular weight excluding hydrogens is 304 g/mol. The number of rotatable bonds is 4. The molecule has 122 valence electrons. The number of carbonyl (C=O) groups is 1. The number of para-hydroxylation sites is 1. The van der Waals surface area contributed by atoms with E-state index in [1.54, 1.807) is 19.9 Å². The highest BCUT2D eigenvalue weighted by Crippen LogP contribution is 2.20. The Morgan fingerprint density at radius 3 is 2.46 bits per heavy atom. The van der Waals surface area contributed by atoms with Gasteiger partial charge in [0, 0.05) is 5.39 Å². The molecule has 3 aromatic rings. The van der Waals surface area contributed by atoms with Gasteiger partial charge in [0.15, 0.2) is 0 Å². The third-order valence-corrected chi connectivity index (χ3v) is 3.59. The van der Waals surface area contributed by atoms with Crippen molar-refractivity contribution in [2.75, 3.05) is 11.9 Å². The van der Waals surface area contributed by atoms with Crippen molar-refractivity contribution in [1.29, 1.82) is 0 Å². The normalized spacial score (nSPS) is 10.6. The minimum absolute atomic E-state index is 0.292. The molecule has 0 bridgehead atoms. The van der Waals surface area contributed by atoms with Gasteiger partial charge in [0.2, 0.25) is 0 Å². The molecule has 0 spiro atoms. The lowest BCUT2D eigenvalue weighted by molar-refractivity contribution is 0.102. The number of fused-ring (bicyclic) bond motifs is 1. The summed E-state index contributed by atoms with van der Waals surface area (Å²) in [6.07, 6.45) is 0. The fraction of sp³-hybridized carbons (Fsp3) is 0.222. The van der Waals surface area contributed by atoms with Crippen molar-refractivity contribution in [3.05, 3.63) is 53.5 Å². The van der Waals surface area contributed by atoms with Crippen LogP contribution in [0, 0.1) is 13.8 Å². The Hall–Kier alpha value is -3.02. The van der Waals surface area contributed by atoms with Crippen LogP contribution >= 0.6 is 0 Å². The molecule has 0 saturated carbocycles. The number of carbonyl (C=O) groups excluding carboxylic acids is 1. The average Bonchev–Trinajstić information content (AvgIpc) is 2.58. The Morgan fingerprint density at radius 2 is 1.75 bits per heavy atom. The zero-order valence-corrected chi connectivity index (χ0v) is 13.8. The molecule has 3 rings (SSSR count). The Balaban J connectivity index is 1.88. The molecule has 0 fully saturated rings. The number of hydrogen-bond acceptors (Lipinski definition) is 5. The molecule has 0 saturated heterocycles. The van der Waals surface area contributed by atoms with Crippen molar-refractivity contribution in [2.45, 2.75) is 20.8 Å². The number of aromatic nitrogens is 3. The van der Waals surface area contributed by atoms with E-state index in [1.165, 1.54) is 0 Å². The van der Waals surface area contributed by atoms with Gasteiger partial charge in [-0.25, -0.2) is 4.98 Å². The first-order chi connectivity index (χ1) is 11.6. The number of aryl methyl sites for hydroxylation is 2. The second-order valence-electron chi connectivity index (χ2n) is 5.33. The van der Waals surface area contributed by atoms with Crippen LogP contribution in [0.2, 0.25) is 0 Å². The molecule has 0 radical (unpaired) electrons. The number of benzene rings is 1. The maximum atomic E-state index is 12.5. The van der Waals surface area contributed by atoms with Gasteiger partial charge in [-0.1, -0.05) is 24.3 Å². The van der Waals surface area contributed by atoms with Gasteiger partial charge in [-0.2, -0.15) is 9.97 Å². The Kier molecular flexibility index (Phi) is 4.37. The molecule has 0 atom stereocenters. The fourth-order valence-corrected chi connectivity index (χ4v) is 2.43. The zero-order valence-electron chi connectivity index (χ0n) is 13.8. The summed E-state index contributed by atoms with van der Waals surface area (Å²) >= 11 is 0. The topological polar surface area (TPSA) is 77.0 Å². The van der Waals surface area contributed by atoms with Crippen LogP contribution in [0.5, 0.6) is 6.01 Å². The van der Waals surface area contributed by atoms with Crippen LogP contribution in [0.1, 0.15) is 28.8 Å². The summed E-state index contributed by atoms with van der Waals surface area (Å²) in [5.74, 6) is -0.292. The quantitative estimate of drug-likeness (QED) is 0.797. The Labute approximate surface area is 139 Å². The fourth-order valence-electron chi connectivity index (χ4n) is 2.43. The van der Waals surface area contributed by atoms with Gasteiger partial charge in [0.1, 0.15) is 5.69 Å². The molecule has 1 aromatic carbocycles. The molecule has 2 aromatic heterocycles. The number of amides is 1. The van der Waals surface area contributed by atoms with E-state index in [0.717, 1.165) is 10.9 Å². The van der Waals surface area contributed by atoms with Crippen molar-refractivity contribution in [1.82, 2.24) is 15.0 Å². The minimum Gasteiger partial charge on any atom is -0.464 e. The number of ether oxygens (including phenoxy) is 1. The number of nitrogens with zero attached hydrogens (tertiary/aromatic N) is 3. The lowest BCUT2D eigenvalue weighted by atomic mass is 10.2. The lowest BCUT2D eigenvalue weighted by Crippen LogP contribution is -2.16. The molecule has 0 aliphatic rings. The predicted octanol–water partition coefficient (Wildman–Crippen LogP) is 3.29. The summed E-state index contributed by atoms with van der Waals surface area (Å²) in [5, 5.41) is 3.84. The number of pyridine rings is 1. The summed E-state index contributed by atoms with van der Waals surface area (Å²) in [7, 11) is 0. The van der Waals surface area contributed by atoms with Gasteiger partial charge in [0.05, 0.1) is 29.2 Å². The largest absolute Gasteiger partial charge is 0.464 e. The maximum Gasteiger partial charge on any atom is 0.316 e. The van der Waals surface area contributed by atoms with Crippen LogP contribution < -0.4 is 10.1 Å². The van der Waals surface area contributed by atoms with E-state index in [-0.39, 0.29) is 5.91 Å². The van der Waals surface area contributed by atoms with Crippen molar-refractivity contribution >= 4 is 22.5 Å². The number of anilines is 1. The third kappa shape index (κ3) is 3.17. The first kappa shape index (κ1) is 15.9. The molecule has 6 nitrogen and oxygen atoms in total. The van der Waals surface area contributed by atoms with Gasteiger partial charge in [-0.15, -0.1) is 0 Å². The summed E-state index contributed by atoms with van der Waals surface area (Å²) in [4.78, 5) is 25.4. The van der Waals surface area contributed by atoms with Crippen LogP contribution in [0.25, 0.3) is 10.9 Å². The summed E-state index contributed by atoms with van der Waals surface area (Å²) in [5.41, 5.74) is 3.02. The number of nitrogens with one attached hydrogen (secondary N) is 1. The van der Waals surface area contributed by atoms with E-state index < -0.39 is 0 Å². The van der Waals surface area contributed by atoms with Gasteiger partial charge in [-0.3, -0.25) is 4.79 Å². The second kappa shape index (κ2) is 6.62. The number of hydrogen-bond donors (Lipinski definition) is 1. The second-order valence-corrected chi connectivity index (χ2v) is 5.33. The first-order valence-electron chi connectivity index (χ1n) is 7.73. The van der Waals surface area contributed by atoms with Crippen LogP contribution in [0.4, 0.5) is 5.69 Å². The van der Waals surface area contributed by atoms with Gasteiger partial charge in [-0.05, 0) is 32.9 Å². The SMILES string of the molecule is CCOc1nc(C)c(NC(=O)c2ccc3ccccc3n2)c(C)n1. The molecule has 24 heavy (non-hydrogen) atoms. The Bertz CT molecular complexity index is 885. The van der Waals surface area contributed by atoms with Crippen LogP contribution in [-0.2, 0) is 0 Å². The van der Waals surface area contributed by atoms with Crippen molar-refractivity contribution in [3.63, 3.8) is 0 Å². The smallest absolute Gasteiger partial charge is 0.316 e. The maximum absolute atomic E-state index is 12.5. The van der Waals surface area contributed by atoms with E-state index in [4.69, 9.17) is 4.74 Å². The van der Waals surface area contributed by atoms with Crippen LogP contribution in [0.15, 0.2) is 36.4 Å². The van der Waals surface area contributed by atoms with E-state index in [9.17, 15) is 4.79 Å². The molecule has 0 aliphatic carbocycles. The molecule has 0 aliphatic heterocycles. The standard InChI is InChI=1S/C18H18N4O2/c1-4-24-18-19-11(2)16(12(3)20-18)22-17(23)15-10-9-13-7-5-6-8-14(13)21-15/h5-10H,4H2,1-3H3,(H,22,23). The zero-order chi connectivity index (χ0) is 17.1. The predicted molar refractivity (Wildman–Crippen MR) is 92.4 cm³/mol. The third-order valence-electron chi connectivity index (χ3n) is 3.59. The Morgan fingerprint density at radius 1 is 1.04 bits per heavy atom. The summed E-state index contributed by atoms with van der Waals surface area (Å²) in [6, 6.07) is 11.6. The molecule has 1 N–H and O–H groups in total. The van der Waals surface area contributed by atoms with Crippen molar-refractivity contribution in [2.24, 2.45) is 0 Å². The highest BCUT2D eigenvalue weighted by atomic mass is 16.5. The molecule has 1 amide bonds. The minimum atomic E-state index is -0.292. The first-order valence-corrected chi connectivity index (χ1v) is 7.73. The van der Waals surface area contributed by atoms with E-state index >= 15 is 0 Å². The van der Waals surface area contributed by atoms with Crippen LogP contribution in [0.3, 0.4) is 0 Å². The molecule has 0 unspecified atom stereocenters. The average molecular weight is 322 g/mol. The van der Waals surface area contributed by atoms with Gasteiger partial charge < -0.3 is 10.1 Å². The monoisotopic (exact) mass is 322 g/mol.